The van der Waals surface area contributed by atoms with Crippen molar-refractivity contribution in [2.24, 2.45) is 0 Å². The van der Waals surface area contributed by atoms with Gasteiger partial charge in [-0.25, -0.2) is 0 Å². The number of hydrogen-bond acceptors (Lipinski definition) is 5. The zero-order valence-electron chi connectivity index (χ0n) is 8.42. The molecular formula is C9H10N4O2Se. The molecule has 1 aromatic carbocycles. The molecule has 0 atom stereocenters. The van der Waals surface area contributed by atoms with E-state index in [9.17, 15) is 10.1 Å². The standard InChI is InChI=1S/C9H10N4O2Se/c10-7-4-3-6(2-1-5-13(14)15)8-9(7)12-16-11-8/h3-4H,1-2,5,10H2. The summed E-state index contributed by atoms with van der Waals surface area (Å²) in [5.41, 5.74) is 9.01. The number of rotatable bonds is 4. The summed E-state index contributed by atoms with van der Waals surface area (Å²) in [5, 5.41) is 10.2. The number of benzene rings is 1. The van der Waals surface area contributed by atoms with Crippen molar-refractivity contribution in [1.82, 2.24) is 7.96 Å². The Balaban J connectivity index is 2.21. The summed E-state index contributed by atoms with van der Waals surface area (Å²) < 4.78 is 8.54. The Labute approximate surface area is 97.8 Å². The number of nitrogens with two attached hydrogens (primary N) is 1. The summed E-state index contributed by atoms with van der Waals surface area (Å²) in [5.74, 6) is 0. The first-order valence-corrected chi connectivity index (χ1v) is 6.33. The molecule has 84 valence electrons. The van der Waals surface area contributed by atoms with Gasteiger partial charge in [0.2, 0.25) is 0 Å². The molecule has 0 saturated heterocycles. The zero-order valence-corrected chi connectivity index (χ0v) is 10.1. The zero-order chi connectivity index (χ0) is 11.5. The topological polar surface area (TPSA) is 94.9 Å². The summed E-state index contributed by atoms with van der Waals surface area (Å²) in [6, 6.07) is 3.68. The van der Waals surface area contributed by atoms with Crippen molar-refractivity contribution in [3.63, 3.8) is 0 Å². The number of nitrogens with zero attached hydrogens (tertiary/aromatic N) is 3. The maximum atomic E-state index is 10.2. The Morgan fingerprint density at radius 1 is 1.38 bits per heavy atom. The molecule has 0 unspecified atom stereocenters. The van der Waals surface area contributed by atoms with E-state index in [0.29, 0.717) is 18.5 Å². The van der Waals surface area contributed by atoms with Crippen molar-refractivity contribution in [2.45, 2.75) is 12.8 Å². The first kappa shape index (κ1) is 11.0. The van der Waals surface area contributed by atoms with Gasteiger partial charge in [0.05, 0.1) is 0 Å². The van der Waals surface area contributed by atoms with E-state index in [1.54, 1.807) is 6.07 Å². The van der Waals surface area contributed by atoms with Crippen LogP contribution in [0.2, 0.25) is 0 Å². The van der Waals surface area contributed by atoms with Gasteiger partial charge in [-0.3, -0.25) is 0 Å². The van der Waals surface area contributed by atoms with Crippen molar-refractivity contribution >= 4 is 31.7 Å². The van der Waals surface area contributed by atoms with Crippen LogP contribution >= 0.6 is 0 Å². The van der Waals surface area contributed by atoms with Crippen molar-refractivity contribution in [3.05, 3.63) is 27.8 Å². The summed E-state index contributed by atoms with van der Waals surface area (Å²) in [6.45, 7) is -0.0125. The van der Waals surface area contributed by atoms with Gasteiger partial charge >= 0.3 is 97.5 Å². The molecule has 2 aromatic rings. The number of fused-ring (bicyclic) bond motifs is 1. The second kappa shape index (κ2) is 4.59. The number of anilines is 1. The third-order valence-electron chi connectivity index (χ3n) is 2.32. The molecule has 0 radical (unpaired) electrons. The third kappa shape index (κ3) is 2.20. The Hall–Kier alpha value is -1.46. The van der Waals surface area contributed by atoms with Gasteiger partial charge in [0, 0.05) is 0 Å². The molecule has 0 bridgehead atoms. The molecule has 2 rings (SSSR count). The van der Waals surface area contributed by atoms with Crippen LogP contribution < -0.4 is 5.73 Å². The Morgan fingerprint density at radius 3 is 2.88 bits per heavy atom. The van der Waals surface area contributed by atoms with E-state index >= 15 is 0 Å². The number of nitrogen functional groups attached to an aromatic ring is 1. The average Bonchev–Trinajstić information content (AvgIpc) is 2.70. The van der Waals surface area contributed by atoms with Crippen molar-refractivity contribution in [3.8, 4) is 0 Å². The summed E-state index contributed by atoms with van der Waals surface area (Å²) in [4.78, 5) is 9.92. The Bertz CT molecular complexity index is 525. The van der Waals surface area contributed by atoms with Crippen LogP contribution in [0, 0.1) is 10.1 Å². The van der Waals surface area contributed by atoms with Gasteiger partial charge in [-0.05, 0) is 0 Å². The van der Waals surface area contributed by atoms with Crippen LogP contribution in [-0.4, -0.2) is 34.4 Å². The van der Waals surface area contributed by atoms with E-state index in [1.807, 2.05) is 6.07 Å². The molecular weight excluding hydrogens is 275 g/mol. The van der Waals surface area contributed by atoms with Crippen molar-refractivity contribution in [2.75, 3.05) is 12.3 Å². The third-order valence-corrected chi connectivity index (χ3v) is 3.43. The summed E-state index contributed by atoms with van der Waals surface area (Å²) in [6.07, 6.45) is 1.17. The number of aromatic nitrogens is 2. The molecule has 0 spiro atoms. The van der Waals surface area contributed by atoms with Crippen LogP contribution in [0.4, 0.5) is 5.69 Å². The van der Waals surface area contributed by atoms with Gasteiger partial charge < -0.3 is 0 Å². The maximum absolute atomic E-state index is 10.2. The predicted molar refractivity (Wildman–Crippen MR) is 61.1 cm³/mol. The minimum absolute atomic E-state index is 0.0125. The monoisotopic (exact) mass is 286 g/mol. The molecule has 0 amide bonds. The number of nitro groups is 1. The first-order chi connectivity index (χ1) is 7.68. The van der Waals surface area contributed by atoms with Crippen LogP contribution in [0.5, 0.6) is 0 Å². The van der Waals surface area contributed by atoms with Crippen molar-refractivity contribution < 1.29 is 4.92 Å². The molecule has 1 heterocycles. The fourth-order valence-electron chi connectivity index (χ4n) is 1.54. The van der Waals surface area contributed by atoms with Gasteiger partial charge in [-0.1, -0.05) is 0 Å². The molecule has 1 aromatic heterocycles. The van der Waals surface area contributed by atoms with Crippen molar-refractivity contribution in [1.29, 1.82) is 0 Å². The second-order valence-electron chi connectivity index (χ2n) is 3.44. The van der Waals surface area contributed by atoms with E-state index in [1.165, 1.54) is 0 Å². The van der Waals surface area contributed by atoms with E-state index in [-0.39, 0.29) is 26.4 Å². The quantitative estimate of drug-likeness (QED) is 0.381. The van der Waals surface area contributed by atoms with Gasteiger partial charge in [-0.2, -0.15) is 0 Å². The molecule has 7 heteroatoms. The SMILES string of the molecule is Nc1ccc(CCC[N+](=O)[O-])c2n[se]nc12. The van der Waals surface area contributed by atoms with Gasteiger partial charge in [-0.15, -0.1) is 0 Å². The van der Waals surface area contributed by atoms with Crippen LogP contribution in [0.15, 0.2) is 12.1 Å². The van der Waals surface area contributed by atoms with Gasteiger partial charge in [0.15, 0.2) is 0 Å². The van der Waals surface area contributed by atoms with E-state index in [0.717, 1.165) is 16.6 Å². The molecule has 0 fully saturated rings. The fourth-order valence-corrected chi connectivity index (χ4v) is 2.80. The Morgan fingerprint density at radius 2 is 2.12 bits per heavy atom. The van der Waals surface area contributed by atoms with Crippen LogP contribution in [0.1, 0.15) is 12.0 Å². The minimum atomic E-state index is -0.303. The van der Waals surface area contributed by atoms with E-state index in [4.69, 9.17) is 5.73 Å². The van der Waals surface area contributed by atoms with Crippen LogP contribution in [0.25, 0.3) is 11.0 Å². The number of hydrogen-bond donors (Lipinski definition) is 1. The summed E-state index contributed by atoms with van der Waals surface area (Å²) in [7, 11) is 0. The van der Waals surface area contributed by atoms with Crippen LogP contribution in [-0.2, 0) is 6.42 Å². The molecule has 0 aliphatic carbocycles. The number of aryl methyl sites for hydroxylation is 1. The molecule has 6 nitrogen and oxygen atoms in total. The van der Waals surface area contributed by atoms with Crippen LogP contribution in [0.3, 0.4) is 0 Å². The average molecular weight is 285 g/mol. The molecule has 0 saturated carbocycles. The van der Waals surface area contributed by atoms with E-state index < -0.39 is 0 Å². The predicted octanol–water partition coefficient (Wildman–Crippen LogP) is 0.478. The normalized spacial score (nSPS) is 10.8. The molecule has 2 N–H and O–H groups in total. The fraction of sp³-hybridized carbons (Fsp3) is 0.333. The van der Waals surface area contributed by atoms with E-state index in [2.05, 4.69) is 7.96 Å². The Kier molecular flexibility index (Phi) is 3.17. The molecule has 16 heavy (non-hydrogen) atoms. The first-order valence-electron chi connectivity index (χ1n) is 4.80. The summed E-state index contributed by atoms with van der Waals surface area (Å²) >= 11 is -0.115. The van der Waals surface area contributed by atoms with Gasteiger partial charge in [0.25, 0.3) is 0 Å². The molecule has 0 aliphatic heterocycles. The second-order valence-corrected chi connectivity index (χ2v) is 4.54. The van der Waals surface area contributed by atoms with Gasteiger partial charge in [0.1, 0.15) is 0 Å². The molecule has 0 aliphatic rings.